The molecule has 2 aliphatic rings. The average molecular weight is 457 g/mol. The molecule has 9 nitrogen and oxygen atoms in total. The first-order valence-corrected chi connectivity index (χ1v) is 11.5. The van der Waals surface area contributed by atoms with Crippen LogP contribution >= 0.6 is 11.6 Å². The summed E-state index contributed by atoms with van der Waals surface area (Å²) in [5, 5.41) is 8.71. The van der Waals surface area contributed by atoms with Crippen LogP contribution in [-0.4, -0.2) is 59.7 Å². The van der Waals surface area contributed by atoms with Gasteiger partial charge in [-0.1, -0.05) is 17.7 Å². The molecule has 1 saturated heterocycles. The van der Waals surface area contributed by atoms with Crippen molar-refractivity contribution in [1.82, 2.24) is 19.2 Å². The number of nitrogens with zero attached hydrogens (tertiary/aromatic N) is 6. The molecule has 0 radical (unpaired) electrons. The second kappa shape index (κ2) is 7.72. The van der Waals surface area contributed by atoms with E-state index in [0.29, 0.717) is 65.9 Å². The van der Waals surface area contributed by atoms with E-state index in [1.54, 1.807) is 24.3 Å². The number of halogens is 1. The number of azo groups is 1. The number of rotatable bonds is 4. The molecule has 158 valence electrons. The summed E-state index contributed by atoms with van der Waals surface area (Å²) in [5.41, 5.74) is 1.10. The molecule has 1 amide bonds. The monoisotopic (exact) mass is 456 g/mol. The minimum atomic E-state index is -3.56. The Balaban J connectivity index is 1.31. The van der Waals surface area contributed by atoms with Gasteiger partial charge >= 0.3 is 0 Å². The van der Waals surface area contributed by atoms with Crippen LogP contribution in [0.2, 0.25) is 5.02 Å². The topological polar surface area (TPSA) is 108 Å². The minimum Gasteiger partial charge on any atom is -0.293 e. The number of carbonyl (C=O) groups excluding carboxylic acids is 1. The number of hydrogen-bond acceptors (Lipinski definition) is 7. The predicted molar refractivity (Wildman–Crippen MR) is 114 cm³/mol. The molecule has 0 saturated carbocycles. The van der Waals surface area contributed by atoms with Crippen molar-refractivity contribution in [2.45, 2.75) is 11.4 Å². The molecule has 0 atom stereocenters. The first kappa shape index (κ1) is 20.1. The second-order valence-electron chi connectivity index (χ2n) is 7.30. The number of carbonyl (C=O) groups is 1. The molecule has 0 spiro atoms. The predicted octanol–water partition coefficient (Wildman–Crippen LogP) is 3.03. The van der Waals surface area contributed by atoms with Crippen LogP contribution in [0.3, 0.4) is 0 Å². The molecule has 31 heavy (non-hydrogen) atoms. The van der Waals surface area contributed by atoms with Crippen molar-refractivity contribution < 1.29 is 13.2 Å². The summed E-state index contributed by atoms with van der Waals surface area (Å²) in [5.74, 6) is 0.550. The molecule has 3 aromatic rings. The van der Waals surface area contributed by atoms with E-state index in [1.165, 1.54) is 16.4 Å². The van der Waals surface area contributed by atoms with E-state index >= 15 is 0 Å². The summed E-state index contributed by atoms with van der Waals surface area (Å²) in [6, 6.07) is 11.5. The molecule has 0 aliphatic carbocycles. The zero-order valence-corrected chi connectivity index (χ0v) is 17.8. The van der Waals surface area contributed by atoms with Crippen molar-refractivity contribution >= 4 is 44.3 Å². The van der Waals surface area contributed by atoms with E-state index in [2.05, 4.69) is 25.1 Å². The van der Waals surface area contributed by atoms with Crippen molar-refractivity contribution in [3.63, 3.8) is 0 Å². The largest absolute Gasteiger partial charge is 0.296 e. The lowest BCUT2D eigenvalue weighted by atomic mass is 10.1. The SMILES string of the molecule is O=C1N=Nc2nc(CN3CCN(S(=O)(=O)c4ccc(Cl)cc4)CC3)nc3cccc1c23. The van der Waals surface area contributed by atoms with Crippen LogP contribution in [0, 0.1) is 0 Å². The molecular weight excluding hydrogens is 440 g/mol. The van der Waals surface area contributed by atoms with Crippen molar-refractivity contribution in [2.24, 2.45) is 10.2 Å². The minimum absolute atomic E-state index is 0.234. The van der Waals surface area contributed by atoms with Crippen molar-refractivity contribution in [2.75, 3.05) is 26.2 Å². The molecule has 0 bridgehead atoms. The average Bonchev–Trinajstić information content (AvgIpc) is 2.77. The Bertz CT molecular complexity index is 1320. The second-order valence-corrected chi connectivity index (χ2v) is 9.68. The first-order valence-electron chi connectivity index (χ1n) is 9.65. The third kappa shape index (κ3) is 3.72. The molecule has 0 unspecified atom stereocenters. The molecule has 3 heterocycles. The van der Waals surface area contributed by atoms with Gasteiger partial charge in [0.2, 0.25) is 10.0 Å². The maximum absolute atomic E-state index is 12.8. The fraction of sp³-hybridized carbons (Fsp3) is 0.250. The fourth-order valence-corrected chi connectivity index (χ4v) is 5.31. The highest BCUT2D eigenvalue weighted by atomic mass is 35.5. The number of sulfonamides is 1. The lowest BCUT2D eigenvalue weighted by Gasteiger charge is -2.33. The van der Waals surface area contributed by atoms with Gasteiger partial charge in [0.05, 0.1) is 27.9 Å². The summed E-state index contributed by atoms with van der Waals surface area (Å²) >= 11 is 5.86. The summed E-state index contributed by atoms with van der Waals surface area (Å²) in [4.78, 5) is 23.3. The molecule has 5 rings (SSSR count). The van der Waals surface area contributed by atoms with Gasteiger partial charge in [-0.3, -0.25) is 9.69 Å². The Kier molecular flexibility index (Phi) is 5.01. The maximum atomic E-state index is 12.8. The Morgan fingerprint density at radius 1 is 0.935 bits per heavy atom. The van der Waals surface area contributed by atoms with E-state index in [0.717, 1.165) is 0 Å². The van der Waals surface area contributed by atoms with Gasteiger partial charge in [-0.15, -0.1) is 10.2 Å². The van der Waals surface area contributed by atoms with Crippen LogP contribution in [0.15, 0.2) is 57.6 Å². The fourth-order valence-electron chi connectivity index (χ4n) is 3.76. The number of piperazine rings is 1. The molecule has 11 heteroatoms. The van der Waals surface area contributed by atoms with E-state index < -0.39 is 15.9 Å². The summed E-state index contributed by atoms with van der Waals surface area (Å²) in [6.07, 6.45) is 0. The molecule has 1 aromatic heterocycles. The number of aromatic nitrogens is 2. The van der Waals surface area contributed by atoms with Gasteiger partial charge in [0.15, 0.2) is 5.82 Å². The quantitative estimate of drug-likeness (QED) is 0.597. The Hall–Kier alpha value is -2.79. The molecular formula is C20H17ClN6O3S. The normalized spacial score (nSPS) is 17.4. The van der Waals surface area contributed by atoms with Gasteiger partial charge in [-0.2, -0.15) is 4.31 Å². The van der Waals surface area contributed by atoms with E-state index in [4.69, 9.17) is 11.6 Å². The zero-order chi connectivity index (χ0) is 21.6. The highest BCUT2D eigenvalue weighted by Gasteiger charge is 2.29. The van der Waals surface area contributed by atoms with Crippen molar-refractivity contribution in [3.05, 3.63) is 58.9 Å². The summed E-state index contributed by atoms with van der Waals surface area (Å²) < 4.78 is 27.2. The third-order valence-electron chi connectivity index (χ3n) is 5.36. The Morgan fingerprint density at radius 3 is 2.42 bits per heavy atom. The van der Waals surface area contributed by atoms with Crippen molar-refractivity contribution in [3.8, 4) is 0 Å². The van der Waals surface area contributed by atoms with Crippen LogP contribution < -0.4 is 0 Å². The van der Waals surface area contributed by atoms with Crippen LogP contribution in [-0.2, 0) is 16.6 Å². The molecule has 0 N–H and O–H groups in total. The highest BCUT2D eigenvalue weighted by Crippen LogP contribution is 2.31. The molecule has 2 aliphatic heterocycles. The first-order chi connectivity index (χ1) is 14.9. The van der Waals surface area contributed by atoms with Gasteiger partial charge in [0.1, 0.15) is 5.82 Å². The van der Waals surface area contributed by atoms with E-state index in [9.17, 15) is 13.2 Å². The van der Waals surface area contributed by atoms with Gasteiger partial charge < -0.3 is 0 Å². The summed E-state index contributed by atoms with van der Waals surface area (Å²) in [6.45, 7) is 2.27. The Morgan fingerprint density at radius 2 is 1.68 bits per heavy atom. The van der Waals surface area contributed by atoms with Crippen LogP contribution in [0.4, 0.5) is 5.82 Å². The number of amides is 1. The van der Waals surface area contributed by atoms with E-state index in [-0.39, 0.29) is 4.90 Å². The smallest absolute Gasteiger partial charge is 0.293 e. The van der Waals surface area contributed by atoms with Crippen molar-refractivity contribution in [1.29, 1.82) is 0 Å². The lowest BCUT2D eigenvalue weighted by Crippen LogP contribution is -2.48. The molecule has 1 fully saturated rings. The standard InChI is InChI=1S/C20H17ClN6O3S/c21-13-4-6-14(7-5-13)31(29,30)27-10-8-26(9-11-27)12-17-22-16-3-1-2-15-18(16)19(23-17)24-25-20(15)28/h1-7H,8-12H2. The zero-order valence-electron chi connectivity index (χ0n) is 16.3. The van der Waals surface area contributed by atoms with Gasteiger partial charge in [0.25, 0.3) is 5.91 Å². The summed E-state index contributed by atoms with van der Waals surface area (Å²) in [7, 11) is -3.56. The van der Waals surface area contributed by atoms with Gasteiger partial charge in [0, 0.05) is 31.2 Å². The number of hydrogen-bond donors (Lipinski definition) is 0. The number of benzene rings is 2. The van der Waals surface area contributed by atoms with Crippen LogP contribution in [0.5, 0.6) is 0 Å². The van der Waals surface area contributed by atoms with Crippen LogP contribution in [0.25, 0.3) is 10.9 Å². The highest BCUT2D eigenvalue weighted by molar-refractivity contribution is 7.89. The van der Waals surface area contributed by atoms with Gasteiger partial charge in [-0.05, 0) is 36.4 Å². The van der Waals surface area contributed by atoms with Gasteiger partial charge in [-0.25, -0.2) is 18.4 Å². The van der Waals surface area contributed by atoms with Crippen LogP contribution in [0.1, 0.15) is 16.2 Å². The maximum Gasteiger partial charge on any atom is 0.296 e. The Labute approximate surface area is 183 Å². The lowest BCUT2D eigenvalue weighted by molar-refractivity contribution is 0.0995. The molecule has 2 aromatic carbocycles. The third-order valence-corrected chi connectivity index (χ3v) is 7.53. The van der Waals surface area contributed by atoms with E-state index in [1.807, 2.05) is 6.07 Å².